The third-order valence-electron chi connectivity index (χ3n) is 1.77. The Morgan fingerprint density at radius 1 is 1.33 bits per heavy atom. The first-order chi connectivity index (χ1) is 6.88. The van der Waals surface area contributed by atoms with E-state index in [4.69, 9.17) is 0 Å². The zero-order valence-electron chi connectivity index (χ0n) is 8.13. The van der Waals surface area contributed by atoms with E-state index in [1.54, 1.807) is 0 Å². The maximum Gasteiger partial charge on any atom is 0.208 e. The molecule has 0 amide bonds. The monoisotopic (exact) mass is 235 g/mol. The van der Waals surface area contributed by atoms with Crippen molar-refractivity contribution in [2.45, 2.75) is 6.42 Å². The molecule has 0 aromatic heterocycles. The fourth-order valence-corrected chi connectivity index (χ4v) is 1.57. The second kappa shape index (κ2) is 4.67. The normalized spacial score (nSPS) is 11.7. The van der Waals surface area contributed by atoms with Crippen LogP contribution in [0.2, 0.25) is 0 Å². The van der Waals surface area contributed by atoms with Crippen LogP contribution in [0.1, 0.15) is 5.56 Å². The quantitative estimate of drug-likeness (QED) is 0.848. The summed E-state index contributed by atoms with van der Waals surface area (Å²) in [6.45, 7) is 0.0986. The van der Waals surface area contributed by atoms with Crippen LogP contribution in [0.5, 0.6) is 0 Å². The molecule has 1 aromatic rings. The van der Waals surface area contributed by atoms with Gasteiger partial charge in [-0.3, -0.25) is 0 Å². The third-order valence-corrected chi connectivity index (χ3v) is 2.50. The summed E-state index contributed by atoms with van der Waals surface area (Å²) in [5, 5.41) is 0. The molecular formula is C9H11F2NO2S. The number of nitrogens with one attached hydrogen (secondary N) is 1. The molecule has 3 nitrogen and oxygen atoms in total. The van der Waals surface area contributed by atoms with Crippen LogP contribution < -0.4 is 4.72 Å². The van der Waals surface area contributed by atoms with Crippen molar-refractivity contribution in [1.29, 1.82) is 0 Å². The van der Waals surface area contributed by atoms with E-state index in [1.807, 2.05) is 0 Å². The Morgan fingerprint density at radius 3 is 2.53 bits per heavy atom. The van der Waals surface area contributed by atoms with Crippen molar-refractivity contribution >= 4 is 10.0 Å². The van der Waals surface area contributed by atoms with E-state index in [9.17, 15) is 17.2 Å². The smallest absolute Gasteiger partial charge is 0.208 e. The lowest BCUT2D eigenvalue weighted by atomic mass is 10.1. The molecule has 0 fully saturated rings. The molecule has 1 N–H and O–H groups in total. The van der Waals surface area contributed by atoms with Crippen LogP contribution in [-0.4, -0.2) is 21.2 Å². The summed E-state index contributed by atoms with van der Waals surface area (Å²) in [5.74, 6) is -1.31. The number of halogens is 2. The van der Waals surface area contributed by atoms with Crippen molar-refractivity contribution in [3.05, 3.63) is 35.4 Å². The summed E-state index contributed by atoms with van der Waals surface area (Å²) in [6.07, 6.45) is 1.22. The summed E-state index contributed by atoms with van der Waals surface area (Å²) in [4.78, 5) is 0. The summed E-state index contributed by atoms with van der Waals surface area (Å²) < 4.78 is 49.2. The molecule has 0 aliphatic rings. The minimum absolute atomic E-state index is 0.0986. The van der Waals surface area contributed by atoms with E-state index in [0.29, 0.717) is 0 Å². The van der Waals surface area contributed by atoms with Crippen molar-refractivity contribution < 1.29 is 17.2 Å². The maximum absolute atomic E-state index is 13.1. The van der Waals surface area contributed by atoms with Crippen molar-refractivity contribution in [2.24, 2.45) is 0 Å². The number of sulfonamides is 1. The van der Waals surface area contributed by atoms with Gasteiger partial charge < -0.3 is 0 Å². The van der Waals surface area contributed by atoms with Crippen LogP contribution in [0.3, 0.4) is 0 Å². The molecule has 0 saturated heterocycles. The molecule has 15 heavy (non-hydrogen) atoms. The average molecular weight is 235 g/mol. The van der Waals surface area contributed by atoms with Crippen molar-refractivity contribution in [3.8, 4) is 0 Å². The largest absolute Gasteiger partial charge is 0.215 e. The van der Waals surface area contributed by atoms with Gasteiger partial charge in [0.05, 0.1) is 6.26 Å². The zero-order valence-corrected chi connectivity index (χ0v) is 8.94. The molecule has 0 aliphatic heterocycles. The molecule has 0 unspecified atom stereocenters. The van der Waals surface area contributed by atoms with Crippen LogP contribution in [0.4, 0.5) is 8.78 Å². The second-order valence-electron chi connectivity index (χ2n) is 3.15. The van der Waals surface area contributed by atoms with Crippen LogP contribution in [0.15, 0.2) is 18.2 Å². The fraction of sp³-hybridized carbons (Fsp3) is 0.333. The molecule has 0 radical (unpaired) electrons. The molecule has 0 saturated carbocycles. The highest BCUT2D eigenvalue weighted by molar-refractivity contribution is 7.88. The standard InChI is InChI=1S/C9H11F2NO2S/c1-15(13,14)12-5-4-7-2-3-8(10)6-9(7)11/h2-3,6,12H,4-5H2,1H3. The number of rotatable bonds is 4. The first kappa shape index (κ1) is 12.1. The van der Waals surface area contributed by atoms with E-state index in [2.05, 4.69) is 4.72 Å². The summed E-state index contributed by atoms with van der Waals surface area (Å²) in [6, 6.07) is 3.21. The maximum atomic E-state index is 13.1. The molecule has 0 spiro atoms. The first-order valence-electron chi connectivity index (χ1n) is 4.27. The van der Waals surface area contributed by atoms with Crippen LogP contribution in [-0.2, 0) is 16.4 Å². The molecule has 84 valence electrons. The van der Waals surface area contributed by atoms with Gasteiger partial charge in [0.15, 0.2) is 0 Å². The van der Waals surface area contributed by atoms with E-state index >= 15 is 0 Å². The van der Waals surface area contributed by atoms with Gasteiger partial charge in [0.2, 0.25) is 10.0 Å². The lowest BCUT2D eigenvalue weighted by Crippen LogP contribution is -2.24. The minimum atomic E-state index is -3.26. The molecule has 0 aliphatic carbocycles. The molecule has 1 aromatic carbocycles. The zero-order chi connectivity index (χ0) is 11.5. The fourth-order valence-electron chi connectivity index (χ4n) is 1.10. The highest BCUT2D eigenvalue weighted by Crippen LogP contribution is 2.09. The molecule has 1 rings (SSSR count). The van der Waals surface area contributed by atoms with Gasteiger partial charge in [0, 0.05) is 12.6 Å². The van der Waals surface area contributed by atoms with Gasteiger partial charge in [-0.15, -0.1) is 0 Å². The minimum Gasteiger partial charge on any atom is -0.215 e. The number of hydrogen-bond donors (Lipinski definition) is 1. The van der Waals surface area contributed by atoms with Gasteiger partial charge in [-0.25, -0.2) is 21.9 Å². The Morgan fingerprint density at radius 2 is 2.00 bits per heavy atom. The van der Waals surface area contributed by atoms with E-state index in [0.717, 1.165) is 18.4 Å². The number of benzene rings is 1. The van der Waals surface area contributed by atoms with Crippen molar-refractivity contribution in [2.75, 3.05) is 12.8 Å². The average Bonchev–Trinajstić information content (AvgIpc) is 2.07. The molecule has 0 atom stereocenters. The Kier molecular flexibility index (Phi) is 3.76. The Balaban J connectivity index is 2.59. The Bertz CT molecular complexity index is 445. The summed E-state index contributed by atoms with van der Waals surface area (Å²) in [7, 11) is -3.26. The molecular weight excluding hydrogens is 224 g/mol. The van der Waals surface area contributed by atoms with Crippen LogP contribution in [0, 0.1) is 11.6 Å². The lowest BCUT2D eigenvalue weighted by Gasteiger charge is -2.03. The first-order valence-corrected chi connectivity index (χ1v) is 6.16. The summed E-state index contributed by atoms with van der Waals surface area (Å²) >= 11 is 0. The van der Waals surface area contributed by atoms with Gasteiger partial charge in [-0.1, -0.05) is 6.07 Å². The molecule has 0 heterocycles. The second-order valence-corrected chi connectivity index (χ2v) is 4.99. The predicted molar refractivity (Wildman–Crippen MR) is 52.9 cm³/mol. The summed E-state index contributed by atoms with van der Waals surface area (Å²) in [5.41, 5.74) is 0.285. The third kappa shape index (κ3) is 4.35. The van der Waals surface area contributed by atoms with Gasteiger partial charge >= 0.3 is 0 Å². The van der Waals surface area contributed by atoms with E-state index in [1.165, 1.54) is 6.07 Å². The van der Waals surface area contributed by atoms with Gasteiger partial charge in [0.1, 0.15) is 11.6 Å². The molecule has 0 bridgehead atoms. The van der Waals surface area contributed by atoms with E-state index in [-0.39, 0.29) is 18.5 Å². The number of hydrogen-bond acceptors (Lipinski definition) is 2. The highest BCUT2D eigenvalue weighted by atomic mass is 32.2. The highest BCUT2D eigenvalue weighted by Gasteiger charge is 2.05. The van der Waals surface area contributed by atoms with Gasteiger partial charge in [0.25, 0.3) is 0 Å². The van der Waals surface area contributed by atoms with E-state index < -0.39 is 21.7 Å². The van der Waals surface area contributed by atoms with Gasteiger partial charge in [-0.05, 0) is 18.1 Å². The lowest BCUT2D eigenvalue weighted by molar-refractivity contribution is 0.566. The topological polar surface area (TPSA) is 46.2 Å². The van der Waals surface area contributed by atoms with Gasteiger partial charge in [-0.2, -0.15) is 0 Å². The van der Waals surface area contributed by atoms with Crippen LogP contribution in [0.25, 0.3) is 0 Å². The Labute approximate surface area is 87.2 Å². The molecule has 6 heteroatoms. The van der Waals surface area contributed by atoms with Crippen LogP contribution >= 0.6 is 0 Å². The predicted octanol–water partition coefficient (Wildman–Crippen LogP) is 1.06. The Hall–Kier alpha value is -1.01. The van der Waals surface area contributed by atoms with Crippen molar-refractivity contribution in [3.63, 3.8) is 0 Å². The van der Waals surface area contributed by atoms with Crippen molar-refractivity contribution in [1.82, 2.24) is 4.72 Å². The SMILES string of the molecule is CS(=O)(=O)NCCc1ccc(F)cc1F.